The van der Waals surface area contributed by atoms with Crippen molar-refractivity contribution < 1.29 is 5.11 Å². The zero-order valence-electron chi connectivity index (χ0n) is 9.17. The Balaban J connectivity index is 2.56. The first-order valence-corrected chi connectivity index (χ1v) is 5.38. The topological polar surface area (TPSA) is 20.2 Å². The number of hydrogen-bond donors (Lipinski definition) is 1. The molecule has 0 radical (unpaired) electrons. The number of benzene rings is 1. The summed E-state index contributed by atoms with van der Waals surface area (Å²) in [7, 11) is 0. The van der Waals surface area contributed by atoms with E-state index >= 15 is 0 Å². The number of rotatable bonds is 0. The smallest absolute Gasteiger partial charge is 0.0793 e. The lowest BCUT2D eigenvalue weighted by Crippen LogP contribution is -2.13. The summed E-state index contributed by atoms with van der Waals surface area (Å²) in [6, 6.07) is 4.41. The van der Waals surface area contributed by atoms with Crippen molar-refractivity contribution in [3.05, 3.63) is 34.4 Å². The van der Waals surface area contributed by atoms with Crippen molar-refractivity contribution in [2.24, 2.45) is 0 Å². The van der Waals surface area contributed by atoms with E-state index < -0.39 is 0 Å². The van der Waals surface area contributed by atoms with Crippen molar-refractivity contribution in [3.63, 3.8) is 0 Å². The maximum atomic E-state index is 9.89. The Morgan fingerprint density at radius 1 is 1.07 bits per heavy atom. The second kappa shape index (κ2) is 3.39. The number of aryl methyl sites for hydroxylation is 2. The summed E-state index contributed by atoms with van der Waals surface area (Å²) in [5, 5.41) is 9.89. The fourth-order valence-electron chi connectivity index (χ4n) is 2.30. The Kier molecular flexibility index (Phi) is 2.36. The van der Waals surface area contributed by atoms with Crippen molar-refractivity contribution >= 4 is 0 Å². The molecule has 0 aromatic heterocycles. The zero-order valence-corrected chi connectivity index (χ0v) is 9.17. The Hall–Kier alpha value is -0.820. The molecule has 1 aromatic carbocycles. The van der Waals surface area contributed by atoms with Gasteiger partial charge in [0.15, 0.2) is 0 Å². The number of aliphatic hydroxyl groups excluding tert-OH is 1. The quantitative estimate of drug-likeness (QED) is 0.666. The van der Waals surface area contributed by atoms with E-state index in [2.05, 4.69) is 32.9 Å². The normalized spacial score (nSPS) is 26.0. The van der Waals surface area contributed by atoms with Crippen LogP contribution in [0.5, 0.6) is 0 Å². The largest absolute Gasteiger partial charge is 0.388 e. The fourth-order valence-corrected chi connectivity index (χ4v) is 2.30. The highest BCUT2D eigenvalue weighted by Crippen LogP contribution is 2.38. The molecule has 2 atom stereocenters. The van der Waals surface area contributed by atoms with Crippen LogP contribution in [0.1, 0.15) is 54.0 Å². The Labute approximate surface area is 85.8 Å². The maximum absolute atomic E-state index is 9.89. The second-order valence-electron chi connectivity index (χ2n) is 4.56. The van der Waals surface area contributed by atoms with Crippen LogP contribution in [0.2, 0.25) is 0 Å². The highest BCUT2D eigenvalue weighted by molar-refractivity contribution is 5.41. The molecule has 2 rings (SSSR count). The van der Waals surface area contributed by atoms with Gasteiger partial charge in [-0.15, -0.1) is 0 Å². The molecule has 76 valence electrons. The molecule has 1 unspecified atom stereocenters. The predicted octanol–water partition coefficient (Wildman–Crippen LogP) is 3.23. The monoisotopic (exact) mass is 190 g/mol. The molecule has 0 heterocycles. The van der Waals surface area contributed by atoms with E-state index in [1.54, 1.807) is 0 Å². The van der Waals surface area contributed by atoms with Gasteiger partial charge < -0.3 is 5.11 Å². The van der Waals surface area contributed by atoms with Crippen LogP contribution in [0.25, 0.3) is 0 Å². The summed E-state index contributed by atoms with van der Waals surface area (Å²) in [6.07, 6.45) is 1.79. The molecule has 1 aliphatic carbocycles. The van der Waals surface area contributed by atoms with Gasteiger partial charge in [-0.3, -0.25) is 0 Å². The Morgan fingerprint density at radius 3 is 2.29 bits per heavy atom. The first-order chi connectivity index (χ1) is 6.59. The average molecular weight is 190 g/mol. The van der Waals surface area contributed by atoms with Gasteiger partial charge >= 0.3 is 0 Å². The molecule has 0 fully saturated rings. The Bertz CT molecular complexity index is 319. The predicted molar refractivity (Wildman–Crippen MR) is 58.5 cm³/mol. The molecule has 1 N–H and O–H groups in total. The fraction of sp³-hybridized carbons (Fsp3) is 0.538. The van der Waals surface area contributed by atoms with Gasteiger partial charge in [0.2, 0.25) is 0 Å². The van der Waals surface area contributed by atoms with E-state index in [9.17, 15) is 5.11 Å². The van der Waals surface area contributed by atoms with E-state index in [1.165, 1.54) is 16.7 Å². The third-order valence-electron chi connectivity index (χ3n) is 3.46. The van der Waals surface area contributed by atoms with Crippen LogP contribution < -0.4 is 0 Å². The van der Waals surface area contributed by atoms with Crippen LogP contribution in [-0.4, -0.2) is 5.11 Å². The van der Waals surface area contributed by atoms with E-state index in [1.807, 2.05) is 0 Å². The second-order valence-corrected chi connectivity index (χ2v) is 4.56. The maximum Gasteiger partial charge on any atom is 0.0793 e. The number of fused-ring (bicyclic) bond motifs is 1. The van der Waals surface area contributed by atoms with Crippen LogP contribution in [0.3, 0.4) is 0 Å². The van der Waals surface area contributed by atoms with Gasteiger partial charge in [0, 0.05) is 0 Å². The summed E-state index contributed by atoms with van der Waals surface area (Å²) in [5.41, 5.74) is 5.14. The van der Waals surface area contributed by atoms with Crippen molar-refractivity contribution in [1.82, 2.24) is 0 Å². The molecule has 0 spiro atoms. The molecule has 1 aromatic rings. The first kappa shape index (κ1) is 9.72. The van der Waals surface area contributed by atoms with Crippen LogP contribution in [-0.2, 0) is 0 Å². The van der Waals surface area contributed by atoms with Crippen LogP contribution in [0.4, 0.5) is 0 Å². The lowest BCUT2D eigenvalue weighted by atomic mass is 9.80. The van der Waals surface area contributed by atoms with E-state index in [-0.39, 0.29) is 6.10 Å². The molecule has 0 amide bonds. The molecule has 14 heavy (non-hydrogen) atoms. The summed E-state index contributed by atoms with van der Waals surface area (Å²) in [5.74, 6) is 0.604. The van der Waals surface area contributed by atoms with Crippen LogP contribution in [0.15, 0.2) is 12.1 Å². The summed E-state index contributed by atoms with van der Waals surface area (Å²) >= 11 is 0. The molecular weight excluding hydrogens is 172 g/mol. The SMILES string of the molecule is Cc1cc2c(cc1C)[C@@H](O)CCC2C. The minimum absolute atomic E-state index is 0.236. The van der Waals surface area contributed by atoms with Crippen molar-refractivity contribution in [1.29, 1.82) is 0 Å². The van der Waals surface area contributed by atoms with Gasteiger partial charge in [-0.05, 0) is 54.9 Å². The van der Waals surface area contributed by atoms with Gasteiger partial charge in [0.05, 0.1) is 6.10 Å². The molecule has 1 aliphatic rings. The molecule has 0 saturated carbocycles. The molecule has 0 bridgehead atoms. The first-order valence-electron chi connectivity index (χ1n) is 5.38. The lowest BCUT2D eigenvalue weighted by molar-refractivity contribution is 0.151. The van der Waals surface area contributed by atoms with Gasteiger partial charge in [0.1, 0.15) is 0 Å². The third-order valence-corrected chi connectivity index (χ3v) is 3.46. The summed E-state index contributed by atoms with van der Waals surface area (Å²) in [6.45, 7) is 6.50. The highest BCUT2D eigenvalue weighted by Gasteiger charge is 2.23. The summed E-state index contributed by atoms with van der Waals surface area (Å²) < 4.78 is 0. The van der Waals surface area contributed by atoms with Crippen LogP contribution in [0, 0.1) is 13.8 Å². The van der Waals surface area contributed by atoms with Gasteiger partial charge in [0.25, 0.3) is 0 Å². The lowest BCUT2D eigenvalue weighted by Gasteiger charge is -2.27. The number of aliphatic hydroxyl groups is 1. The Morgan fingerprint density at radius 2 is 1.64 bits per heavy atom. The molecule has 0 saturated heterocycles. The molecule has 0 aliphatic heterocycles. The highest BCUT2D eigenvalue weighted by atomic mass is 16.3. The standard InChI is InChI=1S/C13H18O/c1-8-4-5-13(14)12-7-10(3)9(2)6-11(8)12/h6-8,13-14H,4-5H2,1-3H3/t8?,13-/m0/s1. The van der Waals surface area contributed by atoms with Crippen molar-refractivity contribution in [2.45, 2.75) is 45.6 Å². The zero-order chi connectivity index (χ0) is 10.3. The third kappa shape index (κ3) is 1.46. The van der Waals surface area contributed by atoms with E-state index in [0.29, 0.717) is 5.92 Å². The van der Waals surface area contributed by atoms with E-state index in [4.69, 9.17) is 0 Å². The van der Waals surface area contributed by atoms with Crippen molar-refractivity contribution in [3.8, 4) is 0 Å². The minimum Gasteiger partial charge on any atom is -0.388 e. The van der Waals surface area contributed by atoms with Crippen LogP contribution >= 0.6 is 0 Å². The summed E-state index contributed by atoms with van der Waals surface area (Å²) in [4.78, 5) is 0. The van der Waals surface area contributed by atoms with Crippen molar-refractivity contribution in [2.75, 3.05) is 0 Å². The van der Waals surface area contributed by atoms with Gasteiger partial charge in [-0.2, -0.15) is 0 Å². The minimum atomic E-state index is -0.236. The number of hydrogen-bond acceptors (Lipinski definition) is 1. The van der Waals surface area contributed by atoms with Gasteiger partial charge in [-0.1, -0.05) is 19.1 Å². The average Bonchev–Trinajstić information content (AvgIpc) is 2.15. The molecule has 1 nitrogen and oxygen atoms in total. The molecule has 1 heteroatoms. The molecular formula is C13H18O. The van der Waals surface area contributed by atoms with Gasteiger partial charge in [-0.25, -0.2) is 0 Å². The van der Waals surface area contributed by atoms with E-state index in [0.717, 1.165) is 18.4 Å².